The van der Waals surface area contributed by atoms with Gasteiger partial charge in [-0.3, -0.25) is 9.88 Å². The molecule has 24 heavy (non-hydrogen) atoms. The summed E-state index contributed by atoms with van der Waals surface area (Å²) in [7, 11) is 0. The first-order chi connectivity index (χ1) is 11.8. The quantitative estimate of drug-likeness (QED) is 0.812. The van der Waals surface area contributed by atoms with Crippen molar-refractivity contribution in [3.8, 4) is 0 Å². The molecule has 0 radical (unpaired) electrons. The van der Waals surface area contributed by atoms with Crippen molar-refractivity contribution < 1.29 is 4.79 Å². The van der Waals surface area contributed by atoms with Crippen LogP contribution in [-0.2, 0) is 6.42 Å². The molecule has 2 amide bonds. The van der Waals surface area contributed by atoms with Crippen molar-refractivity contribution in [3.63, 3.8) is 0 Å². The van der Waals surface area contributed by atoms with Gasteiger partial charge in [-0.2, -0.15) is 0 Å². The van der Waals surface area contributed by atoms with E-state index in [1.165, 1.54) is 17.7 Å². The van der Waals surface area contributed by atoms with Gasteiger partial charge in [0.2, 0.25) is 0 Å². The van der Waals surface area contributed by atoms with Gasteiger partial charge in [0.1, 0.15) is 0 Å². The Morgan fingerprint density at radius 2 is 2.08 bits per heavy atom. The van der Waals surface area contributed by atoms with E-state index < -0.39 is 0 Å². The minimum absolute atomic E-state index is 0.105. The molecular formula is C18H24N4OS. The van der Waals surface area contributed by atoms with Gasteiger partial charge >= 0.3 is 6.03 Å². The van der Waals surface area contributed by atoms with Crippen molar-refractivity contribution in [1.29, 1.82) is 0 Å². The normalized spacial score (nSPS) is 16.0. The van der Waals surface area contributed by atoms with Crippen LogP contribution in [0.1, 0.15) is 29.5 Å². The summed E-state index contributed by atoms with van der Waals surface area (Å²) in [5, 5.41) is 8.05. The van der Waals surface area contributed by atoms with Gasteiger partial charge in [0.25, 0.3) is 0 Å². The highest BCUT2D eigenvalue weighted by molar-refractivity contribution is 7.10. The average Bonchev–Trinajstić information content (AvgIpc) is 3.30. The second-order valence-electron chi connectivity index (χ2n) is 5.98. The van der Waals surface area contributed by atoms with Crippen molar-refractivity contribution in [2.75, 3.05) is 26.2 Å². The Kier molecular flexibility index (Phi) is 6.20. The van der Waals surface area contributed by atoms with Crippen LogP contribution in [0.15, 0.2) is 41.9 Å². The molecule has 0 bridgehead atoms. The molecular weight excluding hydrogens is 320 g/mol. The number of hydrogen-bond acceptors (Lipinski definition) is 4. The van der Waals surface area contributed by atoms with Gasteiger partial charge < -0.3 is 10.6 Å². The summed E-state index contributed by atoms with van der Waals surface area (Å²) in [5.74, 6) is 0. The van der Waals surface area contributed by atoms with Gasteiger partial charge in [-0.05, 0) is 49.5 Å². The molecule has 2 N–H and O–H groups in total. The summed E-state index contributed by atoms with van der Waals surface area (Å²) in [6.45, 7) is 3.48. The fourth-order valence-corrected chi connectivity index (χ4v) is 3.91. The van der Waals surface area contributed by atoms with Crippen LogP contribution in [0.2, 0.25) is 0 Å². The van der Waals surface area contributed by atoms with E-state index in [-0.39, 0.29) is 12.1 Å². The van der Waals surface area contributed by atoms with Crippen LogP contribution < -0.4 is 10.6 Å². The van der Waals surface area contributed by atoms with Crippen LogP contribution in [0.25, 0.3) is 0 Å². The number of hydrogen-bond donors (Lipinski definition) is 2. The lowest BCUT2D eigenvalue weighted by molar-refractivity contribution is 0.222. The maximum Gasteiger partial charge on any atom is 0.314 e. The molecule has 1 saturated heterocycles. The molecule has 1 aliphatic heterocycles. The Morgan fingerprint density at radius 1 is 1.21 bits per heavy atom. The monoisotopic (exact) mass is 344 g/mol. The Balaban J connectivity index is 1.44. The Morgan fingerprint density at radius 3 is 2.79 bits per heavy atom. The third-order valence-corrected chi connectivity index (χ3v) is 5.28. The number of nitrogens with zero attached hydrogens (tertiary/aromatic N) is 2. The lowest BCUT2D eigenvalue weighted by Gasteiger charge is -2.26. The van der Waals surface area contributed by atoms with Crippen LogP contribution >= 0.6 is 11.3 Å². The molecule has 2 aromatic rings. The van der Waals surface area contributed by atoms with E-state index in [4.69, 9.17) is 0 Å². The van der Waals surface area contributed by atoms with E-state index in [2.05, 4.69) is 38.0 Å². The summed E-state index contributed by atoms with van der Waals surface area (Å²) in [6, 6.07) is 10.3. The molecule has 0 aromatic carbocycles. The van der Waals surface area contributed by atoms with Gasteiger partial charge in [-0.1, -0.05) is 12.1 Å². The minimum atomic E-state index is -0.105. The van der Waals surface area contributed by atoms with Gasteiger partial charge in [0.05, 0.1) is 6.04 Å². The van der Waals surface area contributed by atoms with Gasteiger partial charge in [0, 0.05) is 36.3 Å². The summed E-state index contributed by atoms with van der Waals surface area (Å²) >= 11 is 1.76. The molecule has 128 valence electrons. The highest BCUT2D eigenvalue weighted by Crippen LogP contribution is 2.27. The fraction of sp³-hybridized carbons (Fsp3) is 0.444. The average molecular weight is 344 g/mol. The summed E-state index contributed by atoms with van der Waals surface area (Å²) in [5.41, 5.74) is 0.992. The number of carbonyl (C=O) groups excluding carboxylic acids is 1. The Labute approximate surface area is 147 Å². The first kappa shape index (κ1) is 16.9. The number of likely N-dealkylation sites (tertiary alicyclic amines) is 1. The number of pyridine rings is 1. The molecule has 5 nitrogen and oxygen atoms in total. The van der Waals surface area contributed by atoms with E-state index >= 15 is 0 Å². The number of amides is 2. The van der Waals surface area contributed by atoms with Crippen molar-refractivity contribution in [1.82, 2.24) is 20.5 Å². The predicted octanol–water partition coefficient (Wildman–Crippen LogP) is 2.82. The highest BCUT2D eigenvalue weighted by atomic mass is 32.1. The molecule has 1 unspecified atom stereocenters. The zero-order valence-corrected chi connectivity index (χ0v) is 14.6. The van der Waals surface area contributed by atoms with E-state index in [0.29, 0.717) is 13.1 Å². The van der Waals surface area contributed by atoms with E-state index in [1.54, 1.807) is 17.5 Å². The Hall–Kier alpha value is -1.92. The summed E-state index contributed by atoms with van der Waals surface area (Å²) in [4.78, 5) is 20.1. The highest BCUT2D eigenvalue weighted by Gasteiger charge is 2.24. The second kappa shape index (κ2) is 8.80. The van der Waals surface area contributed by atoms with Crippen LogP contribution in [0.5, 0.6) is 0 Å². The topological polar surface area (TPSA) is 57.3 Å². The maximum absolute atomic E-state index is 12.1. The van der Waals surface area contributed by atoms with E-state index in [1.807, 2.05) is 18.2 Å². The van der Waals surface area contributed by atoms with Crippen molar-refractivity contribution in [3.05, 3.63) is 52.5 Å². The minimum Gasteiger partial charge on any atom is -0.338 e. The SMILES string of the molecule is O=C(NCCc1ccccn1)NCC(c1cccs1)N1CCCC1. The molecule has 1 atom stereocenters. The molecule has 3 rings (SSSR count). The summed E-state index contributed by atoms with van der Waals surface area (Å²) < 4.78 is 0. The van der Waals surface area contributed by atoms with Crippen molar-refractivity contribution in [2.24, 2.45) is 0 Å². The van der Waals surface area contributed by atoms with Gasteiger partial charge in [0.15, 0.2) is 0 Å². The number of urea groups is 1. The van der Waals surface area contributed by atoms with E-state index in [9.17, 15) is 4.79 Å². The van der Waals surface area contributed by atoms with Crippen molar-refractivity contribution in [2.45, 2.75) is 25.3 Å². The largest absolute Gasteiger partial charge is 0.338 e. The molecule has 1 fully saturated rings. The molecule has 0 aliphatic carbocycles. The first-order valence-electron chi connectivity index (χ1n) is 8.52. The van der Waals surface area contributed by atoms with Gasteiger partial charge in [-0.15, -0.1) is 11.3 Å². The van der Waals surface area contributed by atoms with E-state index in [0.717, 1.165) is 25.2 Å². The molecule has 0 spiro atoms. The molecule has 6 heteroatoms. The number of aromatic nitrogens is 1. The molecule has 3 heterocycles. The third kappa shape index (κ3) is 4.79. The smallest absolute Gasteiger partial charge is 0.314 e. The number of rotatable bonds is 7. The lowest BCUT2D eigenvalue weighted by Crippen LogP contribution is -2.42. The zero-order valence-electron chi connectivity index (χ0n) is 13.8. The molecule has 0 saturated carbocycles. The maximum atomic E-state index is 12.1. The number of nitrogens with one attached hydrogen (secondary N) is 2. The Bertz CT molecular complexity index is 611. The zero-order chi connectivity index (χ0) is 16.6. The molecule has 2 aromatic heterocycles. The number of thiophene rings is 1. The lowest BCUT2D eigenvalue weighted by atomic mass is 10.2. The third-order valence-electron chi connectivity index (χ3n) is 4.30. The second-order valence-corrected chi connectivity index (χ2v) is 6.96. The van der Waals surface area contributed by atoms with Crippen LogP contribution in [-0.4, -0.2) is 42.1 Å². The molecule has 1 aliphatic rings. The van der Waals surface area contributed by atoms with Crippen LogP contribution in [0, 0.1) is 0 Å². The first-order valence-corrected chi connectivity index (χ1v) is 9.40. The fourth-order valence-electron chi connectivity index (χ4n) is 3.05. The van der Waals surface area contributed by atoms with Crippen LogP contribution in [0.3, 0.4) is 0 Å². The summed E-state index contributed by atoms with van der Waals surface area (Å²) in [6.07, 6.45) is 5.02. The van der Waals surface area contributed by atoms with Gasteiger partial charge in [-0.25, -0.2) is 4.79 Å². The van der Waals surface area contributed by atoms with Crippen LogP contribution in [0.4, 0.5) is 4.79 Å². The van der Waals surface area contributed by atoms with Crippen molar-refractivity contribution >= 4 is 17.4 Å². The predicted molar refractivity (Wildman–Crippen MR) is 97.2 cm³/mol. The number of carbonyl (C=O) groups is 1. The standard InChI is InChI=1S/C18H24N4OS/c23-18(20-10-8-15-6-1-2-9-19-15)21-14-16(17-7-5-13-24-17)22-11-3-4-12-22/h1-2,5-7,9,13,16H,3-4,8,10-12,14H2,(H2,20,21,23).